The lowest BCUT2D eigenvalue weighted by Gasteiger charge is -2.10. The summed E-state index contributed by atoms with van der Waals surface area (Å²) in [4.78, 5) is 0. The maximum absolute atomic E-state index is 5.63. The van der Waals surface area contributed by atoms with Crippen molar-refractivity contribution in [3.63, 3.8) is 0 Å². The van der Waals surface area contributed by atoms with Crippen LogP contribution in [0.15, 0.2) is 22.7 Å². The molecule has 18 heavy (non-hydrogen) atoms. The summed E-state index contributed by atoms with van der Waals surface area (Å²) in [5.74, 6) is 1.69. The van der Waals surface area contributed by atoms with Crippen LogP contribution in [-0.2, 0) is 6.54 Å². The Labute approximate surface area is 119 Å². The van der Waals surface area contributed by atoms with Crippen LogP contribution in [0.25, 0.3) is 0 Å². The molecule has 0 aromatic heterocycles. The van der Waals surface area contributed by atoms with Crippen LogP contribution >= 0.6 is 15.9 Å². The molecule has 0 bridgehead atoms. The molecule has 3 heteroatoms. The Balaban J connectivity index is 2.41. The van der Waals surface area contributed by atoms with E-state index < -0.39 is 0 Å². The summed E-state index contributed by atoms with van der Waals surface area (Å²) >= 11 is 3.56. The first-order valence-electron chi connectivity index (χ1n) is 6.75. The first kappa shape index (κ1) is 15.5. The number of hydrogen-bond donors (Lipinski definition) is 1. The van der Waals surface area contributed by atoms with Gasteiger partial charge in [0.2, 0.25) is 0 Å². The van der Waals surface area contributed by atoms with Gasteiger partial charge in [0.25, 0.3) is 0 Å². The lowest BCUT2D eigenvalue weighted by molar-refractivity contribution is 0.315. The molecule has 1 rings (SSSR count). The highest BCUT2D eigenvalue weighted by Gasteiger charge is 2.02. The molecule has 2 nitrogen and oxygen atoms in total. The smallest absolute Gasteiger partial charge is 0.133 e. The first-order valence-corrected chi connectivity index (χ1v) is 7.54. The fraction of sp³-hybridized carbons (Fsp3) is 0.600. The molecule has 0 saturated heterocycles. The number of rotatable bonds is 8. The molecule has 0 unspecified atom stereocenters. The Bertz CT molecular complexity index is 352. The summed E-state index contributed by atoms with van der Waals surface area (Å²) in [5, 5.41) is 3.46. The van der Waals surface area contributed by atoms with Crippen molar-refractivity contribution in [2.75, 3.05) is 13.2 Å². The average molecular weight is 314 g/mol. The zero-order chi connectivity index (χ0) is 13.4. The Kier molecular flexibility index (Phi) is 7.36. The third-order valence-corrected chi connectivity index (χ3v) is 3.31. The summed E-state index contributed by atoms with van der Waals surface area (Å²) in [5.41, 5.74) is 1.29. The van der Waals surface area contributed by atoms with Crippen molar-refractivity contribution < 1.29 is 4.74 Å². The van der Waals surface area contributed by atoms with E-state index in [1.165, 1.54) is 12.0 Å². The van der Waals surface area contributed by atoms with E-state index in [2.05, 4.69) is 54.2 Å². The highest BCUT2D eigenvalue weighted by atomic mass is 79.9. The Morgan fingerprint density at radius 2 is 2.11 bits per heavy atom. The van der Waals surface area contributed by atoms with Gasteiger partial charge in [-0.15, -0.1) is 0 Å². The van der Waals surface area contributed by atoms with Crippen LogP contribution in [0.4, 0.5) is 0 Å². The SMILES string of the molecule is CCCOc1ccc(CNCCC(C)C)cc1Br. The van der Waals surface area contributed by atoms with E-state index >= 15 is 0 Å². The molecule has 0 aliphatic rings. The summed E-state index contributed by atoms with van der Waals surface area (Å²) in [6.45, 7) is 9.37. The normalized spacial score (nSPS) is 10.9. The van der Waals surface area contributed by atoms with Gasteiger partial charge in [0.1, 0.15) is 5.75 Å². The third-order valence-electron chi connectivity index (χ3n) is 2.69. The molecule has 0 amide bonds. The van der Waals surface area contributed by atoms with E-state index in [4.69, 9.17) is 4.74 Å². The second-order valence-corrected chi connectivity index (χ2v) is 5.83. The molecule has 0 aliphatic carbocycles. The van der Waals surface area contributed by atoms with Gasteiger partial charge < -0.3 is 10.1 Å². The lowest BCUT2D eigenvalue weighted by atomic mass is 10.1. The Morgan fingerprint density at radius 1 is 1.33 bits per heavy atom. The number of ether oxygens (including phenoxy) is 1. The van der Waals surface area contributed by atoms with Crippen LogP contribution < -0.4 is 10.1 Å². The molecule has 0 aliphatic heterocycles. The molecule has 1 N–H and O–H groups in total. The molecule has 0 spiro atoms. The number of benzene rings is 1. The van der Waals surface area contributed by atoms with Crippen LogP contribution in [0.1, 0.15) is 39.2 Å². The van der Waals surface area contributed by atoms with Crippen LogP contribution in [0.2, 0.25) is 0 Å². The number of hydrogen-bond acceptors (Lipinski definition) is 2. The standard InChI is InChI=1S/C15H24BrNO/c1-4-9-18-15-6-5-13(10-14(15)16)11-17-8-7-12(2)3/h5-6,10,12,17H,4,7-9,11H2,1-3H3. The summed E-state index contributed by atoms with van der Waals surface area (Å²) < 4.78 is 6.67. The van der Waals surface area contributed by atoms with Gasteiger partial charge in [0, 0.05) is 6.54 Å². The van der Waals surface area contributed by atoms with Gasteiger partial charge in [-0.05, 0) is 58.9 Å². The highest BCUT2D eigenvalue weighted by Crippen LogP contribution is 2.26. The van der Waals surface area contributed by atoms with E-state index in [0.29, 0.717) is 0 Å². The molecule has 0 saturated carbocycles. The number of halogens is 1. The average Bonchev–Trinajstić information content (AvgIpc) is 2.33. The summed E-state index contributed by atoms with van der Waals surface area (Å²) in [6.07, 6.45) is 2.25. The van der Waals surface area contributed by atoms with Crippen LogP contribution in [0, 0.1) is 5.92 Å². The summed E-state index contributed by atoms with van der Waals surface area (Å²) in [6, 6.07) is 6.30. The minimum Gasteiger partial charge on any atom is -0.492 e. The molecule has 0 fully saturated rings. The van der Waals surface area contributed by atoms with Gasteiger partial charge >= 0.3 is 0 Å². The molecule has 0 heterocycles. The second kappa shape index (κ2) is 8.54. The van der Waals surface area contributed by atoms with Crippen LogP contribution in [-0.4, -0.2) is 13.2 Å². The van der Waals surface area contributed by atoms with Gasteiger partial charge in [-0.3, -0.25) is 0 Å². The van der Waals surface area contributed by atoms with Gasteiger partial charge in [0.15, 0.2) is 0 Å². The predicted molar refractivity (Wildman–Crippen MR) is 81.1 cm³/mol. The molecule has 0 atom stereocenters. The fourth-order valence-corrected chi connectivity index (χ4v) is 2.15. The first-order chi connectivity index (χ1) is 8.63. The van der Waals surface area contributed by atoms with E-state index in [9.17, 15) is 0 Å². The molecular formula is C15H24BrNO. The van der Waals surface area contributed by atoms with Gasteiger partial charge in [0.05, 0.1) is 11.1 Å². The molecule has 1 aromatic rings. The van der Waals surface area contributed by atoms with E-state index in [0.717, 1.165) is 42.3 Å². The highest BCUT2D eigenvalue weighted by molar-refractivity contribution is 9.10. The van der Waals surface area contributed by atoms with Gasteiger partial charge in [-0.25, -0.2) is 0 Å². The molecular weight excluding hydrogens is 290 g/mol. The zero-order valence-electron chi connectivity index (χ0n) is 11.6. The lowest BCUT2D eigenvalue weighted by Crippen LogP contribution is -2.16. The zero-order valence-corrected chi connectivity index (χ0v) is 13.2. The molecule has 102 valence electrons. The van der Waals surface area contributed by atoms with Crippen LogP contribution in [0.3, 0.4) is 0 Å². The topological polar surface area (TPSA) is 21.3 Å². The Hall–Kier alpha value is -0.540. The monoisotopic (exact) mass is 313 g/mol. The molecule has 1 aromatic carbocycles. The van der Waals surface area contributed by atoms with Crippen molar-refractivity contribution in [2.24, 2.45) is 5.92 Å². The van der Waals surface area contributed by atoms with Gasteiger partial charge in [-0.1, -0.05) is 26.8 Å². The van der Waals surface area contributed by atoms with E-state index in [1.807, 2.05) is 6.07 Å². The minimum absolute atomic E-state index is 0.758. The maximum atomic E-state index is 5.63. The minimum atomic E-state index is 0.758. The van der Waals surface area contributed by atoms with Gasteiger partial charge in [-0.2, -0.15) is 0 Å². The predicted octanol–water partition coefficient (Wildman–Crippen LogP) is 4.37. The third kappa shape index (κ3) is 5.87. The maximum Gasteiger partial charge on any atom is 0.133 e. The van der Waals surface area contributed by atoms with Crippen molar-refractivity contribution >= 4 is 15.9 Å². The largest absolute Gasteiger partial charge is 0.492 e. The molecule has 0 radical (unpaired) electrons. The Morgan fingerprint density at radius 3 is 2.72 bits per heavy atom. The second-order valence-electron chi connectivity index (χ2n) is 4.97. The summed E-state index contributed by atoms with van der Waals surface area (Å²) in [7, 11) is 0. The van der Waals surface area contributed by atoms with Crippen molar-refractivity contribution in [2.45, 2.75) is 40.2 Å². The quantitative estimate of drug-likeness (QED) is 0.719. The van der Waals surface area contributed by atoms with Crippen molar-refractivity contribution in [3.05, 3.63) is 28.2 Å². The van der Waals surface area contributed by atoms with Crippen molar-refractivity contribution in [1.29, 1.82) is 0 Å². The van der Waals surface area contributed by atoms with Crippen LogP contribution in [0.5, 0.6) is 5.75 Å². The van der Waals surface area contributed by atoms with E-state index in [1.54, 1.807) is 0 Å². The fourth-order valence-electron chi connectivity index (χ4n) is 1.61. The van der Waals surface area contributed by atoms with E-state index in [-0.39, 0.29) is 0 Å². The van der Waals surface area contributed by atoms with Crippen molar-refractivity contribution in [3.8, 4) is 5.75 Å². The number of nitrogens with one attached hydrogen (secondary N) is 1. The van der Waals surface area contributed by atoms with Crippen molar-refractivity contribution in [1.82, 2.24) is 5.32 Å².